The fourth-order valence-electron chi connectivity index (χ4n) is 1.50. The number of thioether (sulfide) groups is 1. The fourth-order valence-corrected chi connectivity index (χ4v) is 3.10. The highest BCUT2D eigenvalue weighted by atomic mass is 35.5. The van der Waals surface area contributed by atoms with Gasteiger partial charge in [-0.05, 0) is 23.8 Å². The number of hydrogen-bond acceptors (Lipinski definition) is 2. The van der Waals surface area contributed by atoms with E-state index in [-0.39, 0.29) is 0 Å². The van der Waals surface area contributed by atoms with E-state index in [0.29, 0.717) is 16.3 Å². The summed E-state index contributed by atoms with van der Waals surface area (Å²) in [5.41, 5.74) is 1.57. The van der Waals surface area contributed by atoms with Crippen LogP contribution in [0.4, 0.5) is 0 Å². The zero-order chi connectivity index (χ0) is 13.0. The maximum Gasteiger partial charge on any atom is 0.102 e. The smallest absolute Gasteiger partial charge is 0.102 e. The number of benzene rings is 2. The van der Waals surface area contributed by atoms with Crippen molar-refractivity contribution in [3.8, 4) is 6.07 Å². The minimum atomic E-state index is 0.488. The summed E-state index contributed by atoms with van der Waals surface area (Å²) >= 11 is 13.6. The average Bonchev–Trinajstić information content (AvgIpc) is 2.38. The van der Waals surface area contributed by atoms with E-state index in [2.05, 4.69) is 6.07 Å². The predicted octanol–water partition coefficient (Wildman–Crippen LogP) is 5.16. The lowest BCUT2D eigenvalue weighted by atomic mass is 10.2. The molecule has 1 nitrogen and oxygen atoms in total. The Bertz CT molecular complexity index is 605. The SMILES string of the molecule is N#Cc1c(Cl)cccc1SCc1ccccc1Cl. The normalized spacial score (nSPS) is 10.1. The molecule has 4 heteroatoms. The third-order valence-corrected chi connectivity index (χ3v) is 4.22. The van der Waals surface area contributed by atoms with Gasteiger partial charge in [-0.2, -0.15) is 5.26 Å². The molecule has 2 aromatic carbocycles. The van der Waals surface area contributed by atoms with Gasteiger partial charge in [-0.3, -0.25) is 0 Å². The van der Waals surface area contributed by atoms with Gasteiger partial charge in [0.1, 0.15) is 6.07 Å². The number of halogens is 2. The van der Waals surface area contributed by atoms with Crippen LogP contribution in [0.25, 0.3) is 0 Å². The Morgan fingerprint density at radius 2 is 1.72 bits per heavy atom. The van der Waals surface area contributed by atoms with Gasteiger partial charge in [0.2, 0.25) is 0 Å². The summed E-state index contributed by atoms with van der Waals surface area (Å²) in [6.45, 7) is 0. The third kappa shape index (κ3) is 3.00. The first-order chi connectivity index (χ1) is 8.72. The molecule has 0 aliphatic rings. The molecule has 0 N–H and O–H groups in total. The van der Waals surface area contributed by atoms with E-state index in [0.717, 1.165) is 15.5 Å². The van der Waals surface area contributed by atoms with Crippen LogP contribution < -0.4 is 0 Å². The molecule has 0 heterocycles. The zero-order valence-corrected chi connectivity index (χ0v) is 11.7. The Labute approximate surface area is 120 Å². The zero-order valence-electron chi connectivity index (χ0n) is 9.36. The molecular formula is C14H9Cl2NS. The molecule has 0 bridgehead atoms. The van der Waals surface area contributed by atoms with Crippen molar-refractivity contribution in [3.63, 3.8) is 0 Å². The van der Waals surface area contributed by atoms with Crippen LogP contribution in [0.1, 0.15) is 11.1 Å². The first-order valence-electron chi connectivity index (χ1n) is 5.27. The second-order valence-electron chi connectivity index (χ2n) is 3.60. The maximum absolute atomic E-state index is 9.08. The molecule has 0 aliphatic heterocycles. The lowest BCUT2D eigenvalue weighted by Crippen LogP contribution is -1.86. The highest BCUT2D eigenvalue weighted by Gasteiger charge is 2.07. The van der Waals surface area contributed by atoms with E-state index in [4.69, 9.17) is 28.5 Å². The van der Waals surface area contributed by atoms with E-state index >= 15 is 0 Å². The van der Waals surface area contributed by atoms with E-state index in [1.807, 2.05) is 36.4 Å². The monoisotopic (exact) mass is 293 g/mol. The molecule has 0 fully saturated rings. The number of rotatable bonds is 3. The molecular weight excluding hydrogens is 285 g/mol. The van der Waals surface area contributed by atoms with Crippen LogP contribution >= 0.6 is 35.0 Å². The molecule has 90 valence electrons. The van der Waals surface area contributed by atoms with Crippen molar-refractivity contribution < 1.29 is 0 Å². The van der Waals surface area contributed by atoms with Crippen LogP contribution in [0, 0.1) is 11.3 Å². The lowest BCUT2D eigenvalue weighted by molar-refractivity contribution is 1.34. The standard InChI is InChI=1S/C14H9Cl2NS/c15-12-5-2-1-4-10(12)9-18-14-7-3-6-13(16)11(14)8-17/h1-7H,9H2. The van der Waals surface area contributed by atoms with E-state index in [1.54, 1.807) is 17.8 Å². The van der Waals surface area contributed by atoms with Crippen molar-refractivity contribution in [2.45, 2.75) is 10.6 Å². The quantitative estimate of drug-likeness (QED) is 0.730. The molecule has 0 saturated carbocycles. The maximum atomic E-state index is 9.08. The molecule has 0 aromatic heterocycles. The predicted molar refractivity (Wildman–Crippen MR) is 77.2 cm³/mol. The van der Waals surface area contributed by atoms with Crippen molar-refractivity contribution in [3.05, 3.63) is 63.6 Å². The van der Waals surface area contributed by atoms with Crippen molar-refractivity contribution in [2.75, 3.05) is 0 Å². The van der Waals surface area contributed by atoms with Crippen LogP contribution in [-0.4, -0.2) is 0 Å². The van der Waals surface area contributed by atoms with Crippen LogP contribution in [0.2, 0.25) is 10.0 Å². The van der Waals surface area contributed by atoms with Crippen LogP contribution in [0.3, 0.4) is 0 Å². The minimum absolute atomic E-state index is 0.488. The fraction of sp³-hybridized carbons (Fsp3) is 0.0714. The van der Waals surface area contributed by atoms with Gasteiger partial charge >= 0.3 is 0 Å². The molecule has 0 atom stereocenters. The van der Waals surface area contributed by atoms with Gasteiger partial charge in [-0.1, -0.05) is 47.5 Å². The summed E-state index contributed by atoms with van der Waals surface area (Å²) in [6, 6.07) is 15.3. The summed E-state index contributed by atoms with van der Waals surface area (Å²) in [4.78, 5) is 0.880. The van der Waals surface area contributed by atoms with Gasteiger partial charge in [0, 0.05) is 15.7 Å². The van der Waals surface area contributed by atoms with Crippen molar-refractivity contribution >= 4 is 35.0 Å². The first kappa shape index (κ1) is 13.3. The van der Waals surface area contributed by atoms with Crippen LogP contribution in [0.5, 0.6) is 0 Å². The summed E-state index contributed by atoms with van der Waals surface area (Å²) < 4.78 is 0. The summed E-state index contributed by atoms with van der Waals surface area (Å²) in [5, 5.41) is 10.3. The Morgan fingerprint density at radius 3 is 2.44 bits per heavy atom. The van der Waals surface area contributed by atoms with Crippen molar-refractivity contribution in [1.29, 1.82) is 5.26 Å². The van der Waals surface area contributed by atoms with Crippen molar-refractivity contribution in [2.24, 2.45) is 0 Å². The van der Waals surface area contributed by atoms with Gasteiger partial charge < -0.3 is 0 Å². The highest BCUT2D eigenvalue weighted by molar-refractivity contribution is 7.98. The van der Waals surface area contributed by atoms with E-state index < -0.39 is 0 Å². The second-order valence-corrected chi connectivity index (χ2v) is 5.44. The molecule has 18 heavy (non-hydrogen) atoms. The van der Waals surface area contributed by atoms with Gasteiger partial charge in [0.25, 0.3) is 0 Å². The molecule has 0 amide bonds. The molecule has 2 aromatic rings. The van der Waals surface area contributed by atoms with Crippen LogP contribution in [0.15, 0.2) is 47.4 Å². The number of nitriles is 1. The number of hydrogen-bond donors (Lipinski definition) is 0. The number of nitrogens with zero attached hydrogens (tertiary/aromatic N) is 1. The Hall–Kier alpha value is -1.14. The lowest BCUT2D eigenvalue weighted by Gasteiger charge is -2.06. The topological polar surface area (TPSA) is 23.8 Å². The van der Waals surface area contributed by atoms with Gasteiger partial charge in [0.15, 0.2) is 0 Å². The molecule has 0 unspecified atom stereocenters. The summed E-state index contributed by atoms with van der Waals surface area (Å²) in [6.07, 6.45) is 0. The van der Waals surface area contributed by atoms with E-state index in [1.165, 1.54) is 0 Å². The molecule has 0 aliphatic carbocycles. The first-order valence-corrected chi connectivity index (χ1v) is 7.01. The minimum Gasteiger partial charge on any atom is -0.192 e. The molecule has 0 saturated heterocycles. The highest BCUT2D eigenvalue weighted by Crippen LogP contribution is 2.31. The second kappa shape index (κ2) is 6.15. The van der Waals surface area contributed by atoms with Gasteiger partial charge in [0.05, 0.1) is 10.6 Å². The molecule has 0 spiro atoms. The van der Waals surface area contributed by atoms with Crippen molar-refractivity contribution in [1.82, 2.24) is 0 Å². The van der Waals surface area contributed by atoms with Crippen LogP contribution in [-0.2, 0) is 5.75 Å². The van der Waals surface area contributed by atoms with E-state index in [9.17, 15) is 0 Å². The molecule has 0 radical (unpaired) electrons. The Balaban J connectivity index is 2.19. The Morgan fingerprint density at radius 1 is 1.00 bits per heavy atom. The third-order valence-electron chi connectivity index (χ3n) is 2.43. The van der Waals surface area contributed by atoms with Gasteiger partial charge in [-0.15, -0.1) is 11.8 Å². The largest absolute Gasteiger partial charge is 0.192 e. The average molecular weight is 294 g/mol. The summed E-state index contributed by atoms with van der Waals surface area (Å²) in [5.74, 6) is 0.717. The Kier molecular flexibility index (Phi) is 4.54. The van der Waals surface area contributed by atoms with Gasteiger partial charge in [-0.25, -0.2) is 0 Å². The summed E-state index contributed by atoms with van der Waals surface area (Å²) in [7, 11) is 0. The molecule has 2 rings (SSSR count).